The van der Waals surface area contributed by atoms with Crippen LogP contribution in [0, 0.1) is 0 Å². The first-order valence-corrected chi connectivity index (χ1v) is 5.80. The number of carbonyl (C=O) groups is 2. The van der Waals surface area contributed by atoms with Gasteiger partial charge in [0.05, 0.1) is 11.3 Å². The number of carboxylic acid groups (broad SMARTS) is 1. The number of nitrogens with zero attached hydrogens (tertiary/aromatic N) is 3. The summed E-state index contributed by atoms with van der Waals surface area (Å²) < 4.78 is 1.47. The Morgan fingerprint density at radius 2 is 2.00 bits per heavy atom. The summed E-state index contributed by atoms with van der Waals surface area (Å²) in [7, 11) is 3.28. The van der Waals surface area contributed by atoms with E-state index in [2.05, 4.69) is 5.10 Å². The Labute approximate surface area is 115 Å². The number of aromatic nitrogens is 2. The molecule has 0 bridgehead atoms. The van der Waals surface area contributed by atoms with Crippen LogP contribution in [0.3, 0.4) is 0 Å². The van der Waals surface area contributed by atoms with Gasteiger partial charge in [-0.1, -0.05) is 0 Å². The van der Waals surface area contributed by atoms with Gasteiger partial charge in [0.15, 0.2) is 5.69 Å². The molecule has 0 spiro atoms. The smallest absolute Gasteiger partial charge is 0.337 e. The maximum atomic E-state index is 11.7. The number of nitrogens with two attached hydrogens (primary N) is 1. The van der Waals surface area contributed by atoms with E-state index < -0.39 is 5.97 Å². The maximum Gasteiger partial charge on any atom is 0.337 e. The third-order valence-electron chi connectivity index (χ3n) is 2.74. The fraction of sp³-hybridized carbons (Fsp3) is 0.154. The third-order valence-corrected chi connectivity index (χ3v) is 2.74. The maximum absolute atomic E-state index is 11.7. The molecule has 1 amide bonds. The highest BCUT2D eigenvalue weighted by Crippen LogP contribution is 2.17. The first kappa shape index (κ1) is 13.6. The van der Waals surface area contributed by atoms with E-state index in [-0.39, 0.29) is 17.2 Å². The topological polar surface area (TPSA) is 101 Å². The Hall–Kier alpha value is -2.83. The van der Waals surface area contributed by atoms with Crippen molar-refractivity contribution in [2.45, 2.75) is 0 Å². The SMILES string of the molecule is CN(C)C(=O)c1ccn(-c2ccc(C(=O)O)c(N)c2)n1. The van der Waals surface area contributed by atoms with Crippen molar-refractivity contribution < 1.29 is 14.7 Å². The lowest BCUT2D eigenvalue weighted by Gasteiger charge is -2.07. The molecule has 0 unspecified atom stereocenters. The van der Waals surface area contributed by atoms with Crippen LogP contribution in [0.1, 0.15) is 20.8 Å². The van der Waals surface area contributed by atoms with Crippen LogP contribution in [0.15, 0.2) is 30.5 Å². The van der Waals surface area contributed by atoms with E-state index in [1.54, 1.807) is 32.4 Å². The zero-order valence-electron chi connectivity index (χ0n) is 11.1. The number of benzene rings is 1. The van der Waals surface area contributed by atoms with Crippen molar-refractivity contribution in [1.82, 2.24) is 14.7 Å². The van der Waals surface area contributed by atoms with Crippen LogP contribution >= 0.6 is 0 Å². The van der Waals surface area contributed by atoms with Gasteiger partial charge in [0.25, 0.3) is 5.91 Å². The summed E-state index contributed by atoms with van der Waals surface area (Å²) in [4.78, 5) is 24.1. The van der Waals surface area contributed by atoms with Crippen LogP contribution in [0.25, 0.3) is 5.69 Å². The summed E-state index contributed by atoms with van der Waals surface area (Å²) in [6.45, 7) is 0. The Balaban J connectivity index is 2.36. The minimum absolute atomic E-state index is 0.0329. The van der Waals surface area contributed by atoms with Gasteiger partial charge >= 0.3 is 5.97 Å². The van der Waals surface area contributed by atoms with E-state index in [1.807, 2.05) is 0 Å². The first-order valence-electron chi connectivity index (χ1n) is 5.80. The second-order valence-electron chi connectivity index (χ2n) is 4.42. The minimum Gasteiger partial charge on any atom is -0.478 e. The van der Waals surface area contributed by atoms with Crippen molar-refractivity contribution in [3.63, 3.8) is 0 Å². The van der Waals surface area contributed by atoms with E-state index in [4.69, 9.17) is 10.8 Å². The first-order chi connectivity index (χ1) is 9.40. The average molecular weight is 274 g/mol. The van der Waals surface area contributed by atoms with Crippen molar-refractivity contribution in [2.24, 2.45) is 0 Å². The van der Waals surface area contributed by atoms with E-state index in [0.717, 1.165) is 0 Å². The molecular formula is C13H14N4O3. The monoisotopic (exact) mass is 274 g/mol. The predicted molar refractivity (Wildman–Crippen MR) is 73.0 cm³/mol. The summed E-state index contributed by atoms with van der Waals surface area (Å²) >= 11 is 0. The molecular weight excluding hydrogens is 260 g/mol. The summed E-state index contributed by atoms with van der Waals surface area (Å²) in [5.41, 5.74) is 6.74. The Morgan fingerprint density at radius 1 is 1.30 bits per heavy atom. The third kappa shape index (κ3) is 2.46. The Bertz CT molecular complexity index is 676. The van der Waals surface area contributed by atoms with Crippen LogP contribution in [0.5, 0.6) is 0 Å². The second kappa shape index (κ2) is 5.04. The van der Waals surface area contributed by atoms with E-state index in [9.17, 15) is 9.59 Å². The van der Waals surface area contributed by atoms with Crippen molar-refractivity contribution >= 4 is 17.6 Å². The van der Waals surface area contributed by atoms with Crippen LogP contribution < -0.4 is 5.73 Å². The summed E-state index contributed by atoms with van der Waals surface area (Å²) in [6.07, 6.45) is 1.62. The van der Waals surface area contributed by atoms with Crippen LogP contribution in [-0.4, -0.2) is 45.8 Å². The molecule has 1 heterocycles. The summed E-state index contributed by atoms with van der Waals surface area (Å²) in [6, 6.07) is 6.07. The minimum atomic E-state index is -1.09. The lowest BCUT2D eigenvalue weighted by atomic mass is 10.1. The molecule has 0 radical (unpaired) electrons. The highest BCUT2D eigenvalue weighted by molar-refractivity contribution is 5.94. The van der Waals surface area contributed by atoms with Gasteiger partial charge in [0, 0.05) is 26.0 Å². The fourth-order valence-corrected chi connectivity index (χ4v) is 1.70. The van der Waals surface area contributed by atoms with E-state index >= 15 is 0 Å². The molecule has 0 saturated carbocycles. The summed E-state index contributed by atoms with van der Waals surface area (Å²) in [5, 5.41) is 13.1. The van der Waals surface area contributed by atoms with Gasteiger partial charge in [0.1, 0.15) is 0 Å². The molecule has 0 saturated heterocycles. The predicted octanol–water partition coefficient (Wildman–Crippen LogP) is 0.855. The standard InChI is InChI=1S/C13H14N4O3/c1-16(2)12(18)11-5-6-17(15-11)8-3-4-9(13(19)20)10(14)7-8/h3-7H,14H2,1-2H3,(H,19,20). The number of nitrogen functional groups attached to an aromatic ring is 1. The second-order valence-corrected chi connectivity index (χ2v) is 4.42. The Kier molecular flexibility index (Phi) is 3.43. The van der Waals surface area contributed by atoms with Gasteiger partial charge in [-0.15, -0.1) is 0 Å². The van der Waals surface area contributed by atoms with Crippen LogP contribution in [0.4, 0.5) is 5.69 Å². The van der Waals surface area contributed by atoms with Gasteiger partial charge in [-0.2, -0.15) is 5.10 Å². The normalized spacial score (nSPS) is 10.3. The van der Waals surface area contributed by atoms with Crippen LogP contribution in [0.2, 0.25) is 0 Å². The van der Waals surface area contributed by atoms with E-state index in [1.165, 1.54) is 21.7 Å². The van der Waals surface area contributed by atoms with Crippen molar-refractivity contribution in [1.29, 1.82) is 0 Å². The molecule has 0 aliphatic rings. The molecule has 3 N–H and O–H groups in total. The highest BCUT2D eigenvalue weighted by atomic mass is 16.4. The van der Waals surface area contributed by atoms with Gasteiger partial charge in [-0.05, 0) is 24.3 Å². The van der Waals surface area contributed by atoms with Gasteiger partial charge in [-0.3, -0.25) is 4.79 Å². The van der Waals surface area contributed by atoms with Gasteiger partial charge in [0.2, 0.25) is 0 Å². The molecule has 0 aliphatic carbocycles. The van der Waals surface area contributed by atoms with Crippen molar-refractivity contribution in [2.75, 3.05) is 19.8 Å². The molecule has 104 valence electrons. The number of carboxylic acids is 1. The largest absolute Gasteiger partial charge is 0.478 e. The number of anilines is 1. The van der Waals surface area contributed by atoms with Gasteiger partial charge < -0.3 is 15.7 Å². The van der Waals surface area contributed by atoms with Crippen molar-refractivity contribution in [3.05, 3.63) is 41.7 Å². The summed E-state index contributed by atoms with van der Waals surface area (Å²) in [5.74, 6) is -1.29. The number of amides is 1. The Morgan fingerprint density at radius 3 is 2.55 bits per heavy atom. The van der Waals surface area contributed by atoms with Gasteiger partial charge in [-0.25, -0.2) is 9.48 Å². The molecule has 0 atom stereocenters. The molecule has 1 aromatic carbocycles. The molecule has 0 aliphatic heterocycles. The fourth-order valence-electron chi connectivity index (χ4n) is 1.70. The van der Waals surface area contributed by atoms with Crippen molar-refractivity contribution in [3.8, 4) is 5.69 Å². The molecule has 7 heteroatoms. The number of hydrogen-bond acceptors (Lipinski definition) is 4. The number of aromatic carboxylic acids is 1. The average Bonchev–Trinajstić information content (AvgIpc) is 2.86. The lowest BCUT2D eigenvalue weighted by molar-refractivity contribution is 0.0697. The number of hydrogen-bond donors (Lipinski definition) is 2. The number of rotatable bonds is 3. The molecule has 1 aromatic heterocycles. The molecule has 7 nitrogen and oxygen atoms in total. The lowest BCUT2D eigenvalue weighted by Crippen LogP contribution is -2.22. The molecule has 20 heavy (non-hydrogen) atoms. The molecule has 2 rings (SSSR count). The zero-order valence-corrected chi connectivity index (χ0v) is 11.1. The number of carbonyl (C=O) groups excluding carboxylic acids is 1. The quantitative estimate of drug-likeness (QED) is 0.808. The highest BCUT2D eigenvalue weighted by Gasteiger charge is 2.13. The molecule has 0 fully saturated rings. The zero-order chi connectivity index (χ0) is 14.9. The van der Waals surface area contributed by atoms with E-state index in [0.29, 0.717) is 11.4 Å². The van der Waals surface area contributed by atoms with Crippen LogP contribution in [-0.2, 0) is 0 Å². The molecule has 2 aromatic rings.